The number of aromatic amines is 1. The summed E-state index contributed by atoms with van der Waals surface area (Å²) in [6, 6.07) is 0. The van der Waals surface area contributed by atoms with E-state index in [0.717, 1.165) is 6.20 Å². The highest BCUT2D eigenvalue weighted by Crippen LogP contribution is 2.44. The third-order valence-corrected chi connectivity index (χ3v) is 4.33. The Kier molecular flexibility index (Phi) is 4.28. The molecule has 2 unspecified atom stereocenters. The van der Waals surface area contributed by atoms with Gasteiger partial charge in [0.05, 0.1) is 17.5 Å². The largest absolute Gasteiger partial charge is 0.460 e. The summed E-state index contributed by atoms with van der Waals surface area (Å²) in [5, 5.41) is 3.21. The maximum atomic E-state index is 12.9. The quantitative estimate of drug-likeness (QED) is 0.807. The van der Waals surface area contributed by atoms with Gasteiger partial charge in [0.2, 0.25) is 0 Å². The Morgan fingerprint density at radius 2 is 1.88 bits per heavy atom. The summed E-state index contributed by atoms with van der Waals surface area (Å²) in [7, 11) is 0. The van der Waals surface area contributed by atoms with Gasteiger partial charge in [-0.05, 0) is 34.6 Å². The highest BCUT2D eigenvalue weighted by atomic mass is 19.4. The van der Waals surface area contributed by atoms with Crippen LogP contribution in [0.15, 0.2) is 6.20 Å². The van der Waals surface area contributed by atoms with Crippen molar-refractivity contribution in [2.24, 2.45) is 5.92 Å². The number of nitrogens with zero attached hydrogens (tertiary/aromatic N) is 1. The molecule has 0 radical (unpaired) electrons. The van der Waals surface area contributed by atoms with Gasteiger partial charge in [-0.3, -0.25) is 4.79 Å². The molecule has 2 N–H and O–H groups in total. The van der Waals surface area contributed by atoms with Gasteiger partial charge in [0.15, 0.2) is 0 Å². The van der Waals surface area contributed by atoms with Gasteiger partial charge in [0.25, 0.3) is 0 Å². The molecule has 24 heavy (non-hydrogen) atoms. The fourth-order valence-corrected chi connectivity index (χ4v) is 3.30. The number of H-pyrrole nitrogens is 1. The van der Waals surface area contributed by atoms with E-state index in [4.69, 9.17) is 4.74 Å². The first-order valence-corrected chi connectivity index (χ1v) is 7.77. The van der Waals surface area contributed by atoms with Crippen LogP contribution in [0.3, 0.4) is 0 Å². The number of carbonyl (C=O) groups excluding carboxylic acids is 1. The highest BCUT2D eigenvalue weighted by molar-refractivity contribution is 5.77. The summed E-state index contributed by atoms with van der Waals surface area (Å²) in [5.74, 6) is -1.01. The lowest BCUT2D eigenvalue weighted by atomic mass is 9.71. The Labute approximate surface area is 139 Å². The number of ether oxygens (including phenoxy) is 1. The number of aromatic nitrogens is 2. The third kappa shape index (κ3) is 3.43. The van der Waals surface area contributed by atoms with Crippen LogP contribution >= 0.6 is 0 Å². The van der Waals surface area contributed by atoms with Gasteiger partial charge >= 0.3 is 12.1 Å². The Morgan fingerprint density at radius 3 is 2.33 bits per heavy atom. The summed E-state index contributed by atoms with van der Waals surface area (Å²) in [4.78, 5) is 19.0. The number of halogens is 3. The summed E-state index contributed by atoms with van der Waals surface area (Å²) >= 11 is 0. The van der Waals surface area contributed by atoms with E-state index < -0.39 is 40.3 Å². The zero-order valence-electron chi connectivity index (χ0n) is 14.8. The molecular weight excluding hydrogens is 323 g/mol. The van der Waals surface area contributed by atoms with E-state index in [1.54, 1.807) is 27.7 Å². The predicted octanol–water partition coefficient (Wildman–Crippen LogP) is 3.03. The fourth-order valence-electron chi connectivity index (χ4n) is 3.30. The molecule has 0 amide bonds. The Bertz CT molecular complexity index is 631. The molecule has 1 aromatic heterocycles. The lowest BCUT2D eigenvalue weighted by Gasteiger charge is -2.35. The van der Waals surface area contributed by atoms with Gasteiger partial charge in [-0.1, -0.05) is 6.92 Å². The summed E-state index contributed by atoms with van der Waals surface area (Å²) in [6.45, 7) is 11.0. The minimum Gasteiger partial charge on any atom is -0.460 e. The Morgan fingerprint density at radius 1 is 1.29 bits per heavy atom. The molecule has 0 aromatic carbocycles. The minimum atomic E-state index is -4.51. The number of alkyl halides is 3. The monoisotopic (exact) mass is 347 g/mol. The van der Waals surface area contributed by atoms with Crippen LogP contribution in [0.25, 0.3) is 0 Å². The van der Waals surface area contributed by atoms with E-state index in [-0.39, 0.29) is 5.82 Å². The summed E-state index contributed by atoms with van der Waals surface area (Å²) < 4.78 is 44.1. The lowest BCUT2D eigenvalue weighted by molar-refractivity contribution is -0.163. The van der Waals surface area contributed by atoms with Crippen LogP contribution < -0.4 is 5.32 Å². The molecule has 5 nitrogen and oxygen atoms in total. The molecule has 1 saturated heterocycles. The Balaban J connectivity index is 2.42. The number of rotatable bonds is 2. The molecule has 2 heterocycles. The average molecular weight is 347 g/mol. The topological polar surface area (TPSA) is 67.0 Å². The molecule has 8 heteroatoms. The van der Waals surface area contributed by atoms with E-state index in [2.05, 4.69) is 15.3 Å². The zero-order valence-corrected chi connectivity index (χ0v) is 14.8. The van der Waals surface area contributed by atoms with Crippen LogP contribution in [0.2, 0.25) is 0 Å². The molecule has 0 saturated carbocycles. The molecule has 2 rings (SSSR count). The molecule has 0 bridgehead atoms. The second kappa shape index (κ2) is 5.47. The van der Waals surface area contributed by atoms with Crippen LogP contribution in [0.4, 0.5) is 13.2 Å². The van der Waals surface area contributed by atoms with Crippen LogP contribution in [0.5, 0.6) is 0 Å². The van der Waals surface area contributed by atoms with E-state index in [0.29, 0.717) is 6.54 Å². The first-order valence-electron chi connectivity index (χ1n) is 7.77. The molecule has 1 aliphatic heterocycles. The van der Waals surface area contributed by atoms with Gasteiger partial charge in [0.1, 0.15) is 17.1 Å². The first-order chi connectivity index (χ1) is 10.7. The van der Waals surface area contributed by atoms with Crippen molar-refractivity contribution >= 4 is 5.97 Å². The smallest absolute Gasteiger partial charge is 0.432 e. The normalized spacial score (nSPS) is 27.3. The van der Waals surface area contributed by atoms with Gasteiger partial charge in [-0.15, -0.1) is 0 Å². The lowest BCUT2D eigenvalue weighted by Crippen LogP contribution is -2.48. The van der Waals surface area contributed by atoms with Crippen molar-refractivity contribution < 1.29 is 22.7 Å². The van der Waals surface area contributed by atoms with Gasteiger partial charge in [-0.25, -0.2) is 4.98 Å². The van der Waals surface area contributed by atoms with Crippen molar-refractivity contribution in [1.29, 1.82) is 0 Å². The second-order valence-electron chi connectivity index (χ2n) is 8.10. The number of hydrogen-bond acceptors (Lipinski definition) is 4. The minimum absolute atomic E-state index is 0.128. The molecule has 1 aliphatic rings. The predicted molar refractivity (Wildman–Crippen MR) is 82.4 cm³/mol. The maximum Gasteiger partial charge on any atom is 0.432 e. The van der Waals surface area contributed by atoms with Crippen molar-refractivity contribution in [2.75, 3.05) is 6.54 Å². The van der Waals surface area contributed by atoms with E-state index >= 15 is 0 Å². The van der Waals surface area contributed by atoms with Crippen molar-refractivity contribution in [2.45, 2.75) is 64.3 Å². The molecule has 136 valence electrons. The number of carbonyl (C=O) groups is 1. The summed E-state index contributed by atoms with van der Waals surface area (Å²) in [6.07, 6.45) is -3.75. The van der Waals surface area contributed by atoms with Crippen molar-refractivity contribution in [3.63, 3.8) is 0 Å². The Hall–Kier alpha value is -1.57. The van der Waals surface area contributed by atoms with Crippen molar-refractivity contribution in [3.8, 4) is 0 Å². The van der Waals surface area contributed by atoms with Gasteiger partial charge < -0.3 is 15.0 Å². The summed E-state index contributed by atoms with van der Waals surface area (Å²) in [5.41, 5.74) is -3.18. The van der Waals surface area contributed by atoms with Crippen LogP contribution in [-0.4, -0.2) is 33.6 Å². The first kappa shape index (κ1) is 18.8. The molecule has 1 fully saturated rings. The molecule has 1 aromatic rings. The number of nitrogens with one attached hydrogen (secondary N) is 2. The number of esters is 1. The maximum absolute atomic E-state index is 12.9. The standard InChI is InChI=1S/C16H24F3N3O2/c1-13(2,3)24-11(23)10-14(4,5)21-8-15(10,6)12-20-7-9(22-12)16(17,18)19/h7,10,21H,8H2,1-6H3,(H,20,22). The van der Waals surface area contributed by atoms with Crippen molar-refractivity contribution in [3.05, 3.63) is 17.7 Å². The molecule has 0 aliphatic carbocycles. The van der Waals surface area contributed by atoms with E-state index in [1.165, 1.54) is 0 Å². The zero-order chi connectivity index (χ0) is 18.6. The second-order valence-corrected chi connectivity index (χ2v) is 8.10. The number of imidazole rings is 1. The van der Waals surface area contributed by atoms with Crippen molar-refractivity contribution in [1.82, 2.24) is 15.3 Å². The average Bonchev–Trinajstić information content (AvgIpc) is 2.90. The SMILES string of the molecule is CC(C)(C)OC(=O)C1C(C)(C)NCC1(C)c1ncc(C(F)(F)F)[nH]1. The van der Waals surface area contributed by atoms with E-state index in [9.17, 15) is 18.0 Å². The fraction of sp³-hybridized carbons (Fsp3) is 0.750. The van der Waals surface area contributed by atoms with Crippen LogP contribution in [0.1, 0.15) is 53.1 Å². The molecule has 2 atom stereocenters. The number of hydrogen-bond donors (Lipinski definition) is 2. The van der Waals surface area contributed by atoms with E-state index in [1.807, 2.05) is 13.8 Å². The van der Waals surface area contributed by atoms with Crippen LogP contribution in [0, 0.1) is 5.92 Å². The molecular formula is C16H24F3N3O2. The molecule has 0 spiro atoms. The van der Waals surface area contributed by atoms with Crippen LogP contribution in [-0.2, 0) is 21.1 Å². The highest BCUT2D eigenvalue weighted by Gasteiger charge is 2.57. The van der Waals surface area contributed by atoms with Gasteiger partial charge in [0, 0.05) is 12.1 Å². The van der Waals surface area contributed by atoms with Gasteiger partial charge in [-0.2, -0.15) is 13.2 Å². The third-order valence-electron chi connectivity index (χ3n) is 4.33.